The summed E-state index contributed by atoms with van der Waals surface area (Å²) in [7, 11) is 0. The van der Waals surface area contributed by atoms with Crippen LogP contribution in [0.3, 0.4) is 0 Å². The molecule has 0 radical (unpaired) electrons. The maximum atomic E-state index is 11.3. The summed E-state index contributed by atoms with van der Waals surface area (Å²) >= 11 is 0. The van der Waals surface area contributed by atoms with Crippen molar-refractivity contribution in [1.82, 2.24) is 0 Å². The number of Topliss-reactive ketones (excluding diaryl/α,β-unsaturated/α-hetero) is 1. The highest BCUT2D eigenvalue weighted by Gasteiger charge is 2.13. The van der Waals surface area contributed by atoms with Crippen LogP contribution in [-0.4, -0.2) is 5.78 Å². The van der Waals surface area contributed by atoms with Crippen molar-refractivity contribution in [3.63, 3.8) is 0 Å². The van der Waals surface area contributed by atoms with Crippen molar-refractivity contribution in [3.05, 3.63) is 71.8 Å². The van der Waals surface area contributed by atoms with E-state index in [2.05, 4.69) is 38.1 Å². The average Bonchev–Trinajstić information content (AvgIpc) is 2.58. The second kappa shape index (κ2) is 13.8. The number of hydrogen-bond donors (Lipinski definition) is 0. The molecule has 0 aliphatic rings. The molecule has 2 rings (SSSR count). The SMILES string of the molecule is CC.CCCC(Cc1ccccc1)C(C)=O.Cc1ccccc1. The third-order valence-corrected chi connectivity index (χ3v) is 3.48. The molecule has 126 valence electrons. The number of aryl methyl sites for hydroxylation is 1. The molecule has 1 nitrogen and oxygen atoms in total. The van der Waals surface area contributed by atoms with Gasteiger partial charge in [-0.05, 0) is 32.3 Å². The Morgan fingerprint density at radius 2 is 1.39 bits per heavy atom. The molecule has 0 amide bonds. The van der Waals surface area contributed by atoms with Crippen LogP contribution >= 0.6 is 0 Å². The summed E-state index contributed by atoms with van der Waals surface area (Å²) in [6, 6.07) is 20.5. The Hall–Kier alpha value is -1.89. The lowest BCUT2D eigenvalue weighted by molar-refractivity contribution is -0.120. The number of rotatable bonds is 5. The molecule has 23 heavy (non-hydrogen) atoms. The van der Waals surface area contributed by atoms with Gasteiger partial charge in [0.15, 0.2) is 0 Å². The first-order chi connectivity index (χ1) is 11.1. The predicted octanol–water partition coefficient (Wildman–Crippen LogP) is 6.26. The molecule has 0 aliphatic heterocycles. The predicted molar refractivity (Wildman–Crippen MR) is 102 cm³/mol. The molecule has 0 aliphatic carbocycles. The van der Waals surface area contributed by atoms with E-state index in [9.17, 15) is 4.79 Å². The minimum absolute atomic E-state index is 0.211. The number of hydrogen-bond acceptors (Lipinski definition) is 1. The molecule has 1 atom stereocenters. The lowest BCUT2D eigenvalue weighted by atomic mass is 9.92. The van der Waals surface area contributed by atoms with Crippen molar-refractivity contribution in [2.24, 2.45) is 5.92 Å². The summed E-state index contributed by atoms with van der Waals surface area (Å²) in [5.41, 5.74) is 2.59. The van der Waals surface area contributed by atoms with Gasteiger partial charge in [-0.25, -0.2) is 0 Å². The fraction of sp³-hybridized carbons (Fsp3) is 0.409. The van der Waals surface area contributed by atoms with Gasteiger partial charge in [-0.2, -0.15) is 0 Å². The Morgan fingerprint density at radius 1 is 0.913 bits per heavy atom. The monoisotopic (exact) mass is 312 g/mol. The van der Waals surface area contributed by atoms with Gasteiger partial charge >= 0.3 is 0 Å². The summed E-state index contributed by atoms with van der Waals surface area (Å²) in [6.07, 6.45) is 2.98. The molecule has 0 spiro atoms. The third-order valence-electron chi connectivity index (χ3n) is 3.48. The van der Waals surface area contributed by atoms with Gasteiger partial charge in [-0.1, -0.05) is 93.4 Å². The highest BCUT2D eigenvalue weighted by Crippen LogP contribution is 2.14. The smallest absolute Gasteiger partial charge is 0.133 e. The Kier molecular flexibility index (Phi) is 12.6. The summed E-state index contributed by atoms with van der Waals surface area (Å²) < 4.78 is 0. The van der Waals surface area contributed by atoms with Gasteiger partial charge in [0.05, 0.1) is 0 Å². The van der Waals surface area contributed by atoms with Gasteiger partial charge in [0.25, 0.3) is 0 Å². The van der Waals surface area contributed by atoms with Crippen molar-refractivity contribution in [3.8, 4) is 0 Å². The number of benzene rings is 2. The van der Waals surface area contributed by atoms with E-state index >= 15 is 0 Å². The molecule has 1 unspecified atom stereocenters. The topological polar surface area (TPSA) is 17.1 Å². The van der Waals surface area contributed by atoms with Gasteiger partial charge in [0, 0.05) is 5.92 Å². The summed E-state index contributed by atoms with van der Waals surface area (Å²) in [5, 5.41) is 0. The molecule has 0 aromatic heterocycles. The fourth-order valence-electron chi connectivity index (χ4n) is 2.23. The van der Waals surface area contributed by atoms with E-state index < -0.39 is 0 Å². The van der Waals surface area contributed by atoms with E-state index in [0.29, 0.717) is 5.78 Å². The van der Waals surface area contributed by atoms with Gasteiger partial charge in [-0.3, -0.25) is 4.79 Å². The Labute approximate surface area is 142 Å². The van der Waals surface area contributed by atoms with Crippen LogP contribution in [0.5, 0.6) is 0 Å². The first kappa shape index (κ1) is 21.1. The minimum atomic E-state index is 0.211. The van der Waals surface area contributed by atoms with Gasteiger partial charge in [-0.15, -0.1) is 0 Å². The van der Waals surface area contributed by atoms with Crippen molar-refractivity contribution < 1.29 is 4.79 Å². The zero-order valence-electron chi connectivity index (χ0n) is 15.4. The minimum Gasteiger partial charge on any atom is -0.300 e. The van der Waals surface area contributed by atoms with Crippen LogP contribution in [0.15, 0.2) is 60.7 Å². The average molecular weight is 312 g/mol. The second-order valence-corrected chi connectivity index (χ2v) is 5.44. The molecule has 2 aromatic rings. The van der Waals surface area contributed by atoms with E-state index in [1.165, 1.54) is 11.1 Å². The molecule has 2 aromatic carbocycles. The molecular weight excluding hydrogens is 280 g/mol. The highest BCUT2D eigenvalue weighted by molar-refractivity contribution is 5.78. The Morgan fingerprint density at radius 3 is 1.74 bits per heavy atom. The summed E-state index contributed by atoms with van der Waals surface area (Å²) in [4.78, 5) is 11.3. The highest BCUT2D eigenvalue weighted by atomic mass is 16.1. The standard InChI is InChI=1S/C13H18O.C7H8.C2H6/c1-3-7-13(11(2)14)10-12-8-5-4-6-9-12;1-7-5-3-2-4-6-7;1-2/h4-6,8-9,13H,3,7,10H2,1-2H3;2-6H,1H3;1-2H3. The molecule has 1 heteroatoms. The summed E-state index contributed by atoms with van der Waals surface area (Å²) in [5.74, 6) is 0.526. The van der Waals surface area contributed by atoms with Crippen LogP contribution in [-0.2, 0) is 11.2 Å². The van der Waals surface area contributed by atoms with Crippen molar-refractivity contribution in [1.29, 1.82) is 0 Å². The van der Waals surface area contributed by atoms with Crippen LogP contribution in [0.1, 0.15) is 51.7 Å². The second-order valence-electron chi connectivity index (χ2n) is 5.44. The zero-order valence-corrected chi connectivity index (χ0v) is 15.4. The fourth-order valence-corrected chi connectivity index (χ4v) is 2.23. The lowest BCUT2D eigenvalue weighted by Gasteiger charge is -2.12. The number of carbonyl (C=O) groups is 1. The molecule has 0 bridgehead atoms. The lowest BCUT2D eigenvalue weighted by Crippen LogP contribution is -2.13. The van der Waals surface area contributed by atoms with Gasteiger partial charge < -0.3 is 0 Å². The van der Waals surface area contributed by atoms with E-state index in [-0.39, 0.29) is 5.92 Å². The molecule has 0 saturated carbocycles. The van der Waals surface area contributed by atoms with Gasteiger partial charge in [0.1, 0.15) is 5.78 Å². The molecular formula is C22H32O. The normalized spacial score (nSPS) is 10.5. The van der Waals surface area contributed by atoms with Crippen molar-refractivity contribution >= 4 is 5.78 Å². The third kappa shape index (κ3) is 10.5. The van der Waals surface area contributed by atoms with E-state index in [1.807, 2.05) is 50.2 Å². The Bertz CT molecular complexity index is 502. The van der Waals surface area contributed by atoms with Crippen LogP contribution in [0, 0.1) is 12.8 Å². The van der Waals surface area contributed by atoms with Crippen molar-refractivity contribution in [2.75, 3.05) is 0 Å². The van der Waals surface area contributed by atoms with E-state index in [1.54, 1.807) is 6.92 Å². The van der Waals surface area contributed by atoms with E-state index in [0.717, 1.165) is 19.3 Å². The molecule has 0 heterocycles. The maximum absolute atomic E-state index is 11.3. The first-order valence-corrected chi connectivity index (χ1v) is 8.69. The van der Waals surface area contributed by atoms with Crippen LogP contribution in [0.25, 0.3) is 0 Å². The summed E-state index contributed by atoms with van der Waals surface area (Å²) in [6.45, 7) is 9.91. The Balaban J connectivity index is 0.000000449. The molecule has 0 N–H and O–H groups in total. The van der Waals surface area contributed by atoms with E-state index in [4.69, 9.17) is 0 Å². The largest absolute Gasteiger partial charge is 0.300 e. The maximum Gasteiger partial charge on any atom is 0.133 e. The van der Waals surface area contributed by atoms with Crippen LogP contribution in [0.2, 0.25) is 0 Å². The zero-order chi connectivity index (χ0) is 17.5. The quantitative estimate of drug-likeness (QED) is 0.637. The van der Waals surface area contributed by atoms with Crippen LogP contribution < -0.4 is 0 Å². The van der Waals surface area contributed by atoms with Crippen LogP contribution in [0.4, 0.5) is 0 Å². The molecule has 0 fully saturated rings. The first-order valence-electron chi connectivity index (χ1n) is 8.69. The number of ketones is 1. The molecule has 0 saturated heterocycles. The van der Waals surface area contributed by atoms with Crippen molar-refractivity contribution in [2.45, 2.75) is 53.9 Å². The number of carbonyl (C=O) groups excluding carboxylic acids is 1. The van der Waals surface area contributed by atoms with Gasteiger partial charge in [0.2, 0.25) is 0 Å².